The lowest BCUT2D eigenvalue weighted by Crippen LogP contribution is -2.14. The van der Waals surface area contributed by atoms with Crippen LogP contribution in [0.2, 0.25) is 0 Å². The highest BCUT2D eigenvalue weighted by Gasteiger charge is 2.13. The molecule has 0 unspecified atom stereocenters. The van der Waals surface area contributed by atoms with Crippen LogP contribution in [0.3, 0.4) is 0 Å². The minimum Gasteiger partial charge on any atom is -0.465 e. The Morgan fingerprint density at radius 3 is 2.59 bits per heavy atom. The summed E-state index contributed by atoms with van der Waals surface area (Å²) in [7, 11) is 1.32. The summed E-state index contributed by atoms with van der Waals surface area (Å²) in [6.45, 7) is 1.95. The molecule has 7 heteroatoms. The number of nitrogens with one attached hydrogen (secondary N) is 2. The molecule has 0 aliphatic carbocycles. The summed E-state index contributed by atoms with van der Waals surface area (Å²) in [6.07, 6.45) is 1.29. The second-order valence-electron chi connectivity index (χ2n) is 5.77. The number of nitrogens with zero attached hydrogens (tertiary/aromatic N) is 2. The van der Waals surface area contributed by atoms with Crippen molar-refractivity contribution in [1.82, 2.24) is 9.97 Å². The van der Waals surface area contributed by atoms with Gasteiger partial charge in [0.25, 0.3) is 5.91 Å². The van der Waals surface area contributed by atoms with Gasteiger partial charge in [0, 0.05) is 11.8 Å². The van der Waals surface area contributed by atoms with Gasteiger partial charge in [0.15, 0.2) is 0 Å². The molecule has 0 fully saturated rings. The number of para-hydroxylation sites is 1. The minimum absolute atomic E-state index is 0.199. The zero-order valence-corrected chi connectivity index (χ0v) is 14.9. The summed E-state index contributed by atoms with van der Waals surface area (Å²) in [5.41, 5.74) is 2.81. The number of aryl methyl sites for hydroxylation is 1. The van der Waals surface area contributed by atoms with Gasteiger partial charge in [0.05, 0.1) is 18.4 Å². The maximum atomic E-state index is 12.4. The second kappa shape index (κ2) is 8.09. The van der Waals surface area contributed by atoms with Gasteiger partial charge in [0.1, 0.15) is 17.8 Å². The molecule has 2 N–H and O–H groups in total. The largest absolute Gasteiger partial charge is 0.465 e. The van der Waals surface area contributed by atoms with Crippen molar-refractivity contribution in [2.75, 3.05) is 17.7 Å². The van der Waals surface area contributed by atoms with Gasteiger partial charge in [-0.2, -0.15) is 0 Å². The standard InChI is InChI=1S/C20H18N4O3/c1-13-6-5-7-14(10-13)23-19(25)17-11-18(22-12-21-17)24-16-9-4-3-8-15(16)20(26)27-2/h3-12H,1-2H3,(H,23,25)(H,21,22,24). The van der Waals surface area contributed by atoms with E-state index in [9.17, 15) is 9.59 Å². The van der Waals surface area contributed by atoms with E-state index >= 15 is 0 Å². The lowest BCUT2D eigenvalue weighted by molar-refractivity contribution is 0.0601. The Bertz CT molecular complexity index is 988. The molecule has 0 saturated carbocycles. The fourth-order valence-corrected chi connectivity index (χ4v) is 2.49. The second-order valence-corrected chi connectivity index (χ2v) is 5.77. The topological polar surface area (TPSA) is 93.2 Å². The van der Waals surface area contributed by atoms with Gasteiger partial charge in [-0.3, -0.25) is 4.79 Å². The van der Waals surface area contributed by atoms with Gasteiger partial charge in [-0.25, -0.2) is 14.8 Å². The highest BCUT2D eigenvalue weighted by atomic mass is 16.5. The van der Waals surface area contributed by atoms with Crippen molar-refractivity contribution >= 4 is 29.1 Å². The number of benzene rings is 2. The van der Waals surface area contributed by atoms with Crippen LogP contribution in [0.4, 0.5) is 17.2 Å². The number of esters is 1. The molecule has 1 amide bonds. The van der Waals surface area contributed by atoms with Crippen molar-refractivity contribution in [2.24, 2.45) is 0 Å². The van der Waals surface area contributed by atoms with Crippen molar-refractivity contribution in [3.63, 3.8) is 0 Å². The van der Waals surface area contributed by atoms with E-state index in [-0.39, 0.29) is 11.6 Å². The van der Waals surface area contributed by atoms with Gasteiger partial charge in [0.2, 0.25) is 0 Å². The maximum absolute atomic E-state index is 12.4. The van der Waals surface area contributed by atoms with Crippen LogP contribution in [-0.4, -0.2) is 29.0 Å². The normalized spacial score (nSPS) is 10.1. The third-order valence-corrected chi connectivity index (χ3v) is 3.77. The molecular weight excluding hydrogens is 344 g/mol. The van der Waals surface area contributed by atoms with Crippen molar-refractivity contribution in [3.05, 3.63) is 77.7 Å². The third kappa shape index (κ3) is 4.46. The lowest BCUT2D eigenvalue weighted by Gasteiger charge is -2.11. The molecule has 2 aromatic carbocycles. The number of amides is 1. The Balaban J connectivity index is 1.80. The number of carbonyl (C=O) groups is 2. The van der Waals surface area contributed by atoms with Gasteiger partial charge < -0.3 is 15.4 Å². The number of hydrogen-bond acceptors (Lipinski definition) is 6. The van der Waals surface area contributed by atoms with Crippen LogP contribution in [-0.2, 0) is 4.74 Å². The Hall–Kier alpha value is -3.74. The zero-order chi connectivity index (χ0) is 19.2. The van der Waals surface area contributed by atoms with Gasteiger partial charge in [-0.05, 0) is 36.8 Å². The number of aromatic nitrogens is 2. The van der Waals surface area contributed by atoms with Gasteiger partial charge >= 0.3 is 5.97 Å². The van der Waals surface area contributed by atoms with Crippen LogP contribution in [0, 0.1) is 6.92 Å². The number of rotatable bonds is 5. The summed E-state index contributed by atoms with van der Waals surface area (Å²) in [6, 6.07) is 15.9. The average molecular weight is 362 g/mol. The van der Waals surface area contributed by atoms with E-state index in [1.165, 1.54) is 19.5 Å². The van der Waals surface area contributed by atoms with Gasteiger partial charge in [-0.1, -0.05) is 24.3 Å². The van der Waals surface area contributed by atoms with E-state index in [1.54, 1.807) is 30.3 Å². The molecule has 1 heterocycles. The molecule has 136 valence electrons. The number of anilines is 3. The quantitative estimate of drug-likeness (QED) is 0.674. The Labute approximate surface area is 156 Å². The van der Waals surface area contributed by atoms with Crippen LogP contribution in [0.5, 0.6) is 0 Å². The summed E-state index contributed by atoms with van der Waals surface area (Å²) in [5, 5.41) is 5.82. The number of methoxy groups -OCH3 is 1. The first-order chi connectivity index (χ1) is 13.1. The molecule has 1 aromatic heterocycles. The minimum atomic E-state index is -0.468. The van der Waals surface area contributed by atoms with E-state index in [0.29, 0.717) is 22.8 Å². The van der Waals surface area contributed by atoms with E-state index in [1.807, 2.05) is 25.1 Å². The summed E-state index contributed by atoms with van der Waals surface area (Å²) < 4.78 is 4.78. The molecule has 3 aromatic rings. The maximum Gasteiger partial charge on any atom is 0.339 e. The SMILES string of the molecule is COC(=O)c1ccccc1Nc1cc(C(=O)Nc2cccc(C)c2)ncn1. The van der Waals surface area contributed by atoms with Crippen molar-refractivity contribution in [3.8, 4) is 0 Å². The molecule has 0 saturated heterocycles. The predicted octanol–water partition coefficient (Wildman–Crippen LogP) is 3.57. The van der Waals surface area contributed by atoms with Crippen LogP contribution in [0.25, 0.3) is 0 Å². The highest BCUT2D eigenvalue weighted by molar-refractivity contribution is 6.03. The van der Waals surface area contributed by atoms with Crippen LogP contribution < -0.4 is 10.6 Å². The first-order valence-corrected chi connectivity index (χ1v) is 8.21. The van der Waals surface area contributed by atoms with E-state index in [0.717, 1.165) is 5.56 Å². The summed E-state index contributed by atoms with van der Waals surface area (Å²) >= 11 is 0. The van der Waals surface area contributed by atoms with E-state index < -0.39 is 5.97 Å². The van der Waals surface area contributed by atoms with Crippen LogP contribution >= 0.6 is 0 Å². The Kier molecular flexibility index (Phi) is 5.41. The summed E-state index contributed by atoms with van der Waals surface area (Å²) in [4.78, 5) is 32.4. The third-order valence-electron chi connectivity index (χ3n) is 3.77. The molecule has 27 heavy (non-hydrogen) atoms. The number of hydrogen-bond donors (Lipinski definition) is 2. The molecule has 3 rings (SSSR count). The molecule has 0 spiro atoms. The molecule has 7 nitrogen and oxygen atoms in total. The number of ether oxygens (including phenoxy) is 1. The lowest BCUT2D eigenvalue weighted by atomic mass is 10.2. The van der Waals surface area contributed by atoms with E-state index in [2.05, 4.69) is 20.6 Å². The zero-order valence-electron chi connectivity index (χ0n) is 14.9. The Morgan fingerprint density at radius 1 is 1.00 bits per heavy atom. The van der Waals surface area contributed by atoms with Crippen LogP contribution in [0.15, 0.2) is 60.9 Å². The van der Waals surface area contributed by atoms with Crippen LogP contribution in [0.1, 0.15) is 26.4 Å². The van der Waals surface area contributed by atoms with Crippen molar-refractivity contribution < 1.29 is 14.3 Å². The summed E-state index contributed by atoms with van der Waals surface area (Å²) in [5.74, 6) is -0.437. The average Bonchev–Trinajstić information content (AvgIpc) is 2.68. The molecule has 0 atom stereocenters. The predicted molar refractivity (Wildman–Crippen MR) is 102 cm³/mol. The fraction of sp³-hybridized carbons (Fsp3) is 0.100. The first-order valence-electron chi connectivity index (χ1n) is 8.21. The van der Waals surface area contributed by atoms with E-state index in [4.69, 9.17) is 4.74 Å². The van der Waals surface area contributed by atoms with Crippen molar-refractivity contribution in [2.45, 2.75) is 6.92 Å². The highest BCUT2D eigenvalue weighted by Crippen LogP contribution is 2.20. The molecule has 0 aliphatic rings. The molecule has 0 radical (unpaired) electrons. The molecular formula is C20H18N4O3. The van der Waals surface area contributed by atoms with Crippen molar-refractivity contribution in [1.29, 1.82) is 0 Å². The number of carbonyl (C=O) groups excluding carboxylic acids is 2. The smallest absolute Gasteiger partial charge is 0.339 e. The first kappa shape index (κ1) is 18.1. The molecule has 0 aliphatic heterocycles. The Morgan fingerprint density at radius 2 is 1.81 bits per heavy atom. The fourth-order valence-electron chi connectivity index (χ4n) is 2.49. The van der Waals surface area contributed by atoms with Gasteiger partial charge in [-0.15, -0.1) is 0 Å². The molecule has 0 bridgehead atoms. The monoisotopic (exact) mass is 362 g/mol.